The van der Waals surface area contributed by atoms with Gasteiger partial charge in [-0.05, 0) is 56.1 Å². The first-order valence-electron chi connectivity index (χ1n) is 5.67. The Kier molecular flexibility index (Phi) is 5.09. The van der Waals surface area contributed by atoms with E-state index in [1.54, 1.807) is 12.3 Å². The molecule has 0 aliphatic rings. The smallest absolute Gasteiger partial charge is 0.124 e. The molecule has 7 heteroatoms. The maximum atomic E-state index is 13.5. The third kappa shape index (κ3) is 3.17. The highest BCUT2D eigenvalue weighted by Crippen LogP contribution is 2.33. The highest BCUT2D eigenvalue weighted by molar-refractivity contribution is 9.11. The number of nitrogens with zero attached hydrogens (tertiary/aromatic N) is 1. The quantitative estimate of drug-likeness (QED) is 0.606. The number of hydrogen-bond acceptors (Lipinski definition) is 4. The average Bonchev–Trinajstić information content (AvgIpc) is 2.42. The first-order chi connectivity index (χ1) is 9.56. The standard InChI is InChI=1S/C13H12Br2FN3O/c1-20-11-3-2-8(16)5-9(11)12(19-17)13-10(15)4-7(14)6-18-13/h2-6,12,19H,17H2,1H3. The number of pyridine rings is 1. The van der Waals surface area contributed by atoms with Gasteiger partial charge in [0, 0.05) is 20.7 Å². The van der Waals surface area contributed by atoms with E-state index < -0.39 is 6.04 Å². The summed E-state index contributed by atoms with van der Waals surface area (Å²) in [5.74, 6) is 5.78. The second-order valence-electron chi connectivity index (χ2n) is 4.01. The molecular formula is C13H12Br2FN3O. The molecule has 0 aliphatic carbocycles. The highest BCUT2D eigenvalue weighted by atomic mass is 79.9. The summed E-state index contributed by atoms with van der Waals surface area (Å²) < 4.78 is 20.3. The minimum atomic E-state index is -0.497. The fourth-order valence-corrected chi connectivity index (χ4v) is 3.10. The summed E-state index contributed by atoms with van der Waals surface area (Å²) in [5, 5.41) is 0. The Labute approximate surface area is 132 Å². The van der Waals surface area contributed by atoms with E-state index in [1.165, 1.54) is 19.2 Å². The lowest BCUT2D eigenvalue weighted by Gasteiger charge is -2.20. The molecule has 1 aromatic heterocycles. The Morgan fingerprint density at radius 1 is 1.35 bits per heavy atom. The molecule has 2 aromatic rings. The van der Waals surface area contributed by atoms with E-state index in [9.17, 15) is 4.39 Å². The average molecular weight is 405 g/mol. The van der Waals surface area contributed by atoms with Crippen molar-refractivity contribution >= 4 is 31.9 Å². The molecule has 0 saturated carbocycles. The number of nitrogens with one attached hydrogen (secondary N) is 1. The van der Waals surface area contributed by atoms with Crippen molar-refractivity contribution in [2.75, 3.05) is 7.11 Å². The molecule has 0 radical (unpaired) electrons. The van der Waals surface area contributed by atoms with E-state index in [0.717, 1.165) is 8.95 Å². The molecule has 20 heavy (non-hydrogen) atoms. The Balaban J connectivity index is 2.54. The number of benzene rings is 1. The minimum absolute atomic E-state index is 0.366. The van der Waals surface area contributed by atoms with Gasteiger partial charge in [0.25, 0.3) is 0 Å². The molecule has 4 nitrogen and oxygen atoms in total. The number of aromatic nitrogens is 1. The normalized spacial score (nSPS) is 12.2. The number of rotatable bonds is 4. The zero-order valence-electron chi connectivity index (χ0n) is 10.5. The largest absolute Gasteiger partial charge is 0.496 e. The van der Waals surface area contributed by atoms with Crippen LogP contribution in [0.5, 0.6) is 5.75 Å². The van der Waals surface area contributed by atoms with E-state index in [2.05, 4.69) is 42.3 Å². The van der Waals surface area contributed by atoms with Gasteiger partial charge in [-0.25, -0.2) is 9.82 Å². The van der Waals surface area contributed by atoms with Crippen LogP contribution in [0.1, 0.15) is 17.3 Å². The van der Waals surface area contributed by atoms with Crippen LogP contribution < -0.4 is 16.0 Å². The molecule has 106 valence electrons. The van der Waals surface area contributed by atoms with E-state index in [0.29, 0.717) is 17.0 Å². The third-order valence-corrected chi connectivity index (χ3v) is 3.85. The van der Waals surface area contributed by atoms with Crippen LogP contribution in [-0.2, 0) is 0 Å². The molecule has 1 aromatic carbocycles. The Bertz CT molecular complexity index is 625. The topological polar surface area (TPSA) is 60.2 Å². The summed E-state index contributed by atoms with van der Waals surface area (Å²) in [6.07, 6.45) is 1.65. The van der Waals surface area contributed by atoms with Gasteiger partial charge >= 0.3 is 0 Å². The number of ether oxygens (including phenoxy) is 1. The van der Waals surface area contributed by atoms with Gasteiger partial charge in [-0.3, -0.25) is 10.8 Å². The molecule has 0 bridgehead atoms. The van der Waals surface area contributed by atoms with Crippen molar-refractivity contribution in [1.29, 1.82) is 0 Å². The zero-order chi connectivity index (χ0) is 14.7. The van der Waals surface area contributed by atoms with Crippen molar-refractivity contribution < 1.29 is 9.13 Å². The Morgan fingerprint density at radius 3 is 2.70 bits per heavy atom. The summed E-state index contributed by atoms with van der Waals surface area (Å²) in [4.78, 5) is 4.32. The van der Waals surface area contributed by atoms with Gasteiger partial charge in [0.05, 0.1) is 18.8 Å². The molecule has 2 rings (SSSR count). The van der Waals surface area contributed by atoms with Crippen LogP contribution in [-0.4, -0.2) is 12.1 Å². The van der Waals surface area contributed by atoms with Crippen LogP contribution in [0.3, 0.4) is 0 Å². The van der Waals surface area contributed by atoms with Crippen LogP contribution >= 0.6 is 31.9 Å². The predicted octanol–water partition coefficient (Wildman–Crippen LogP) is 3.31. The monoisotopic (exact) mass is 403 g/mol. The van der Waals surface area contributed by atoms with Crippen molar-refractivity contribution in [3.8, 4) is 5.75 Å². The Morgan fingerprint density at radius 2 is 2.10 bits per heavy atom. The molecule has 3 N–H and O–H groups in total. The van der Waals surface area contributed by atoms with Crippen LogP contribution in [0.4, 0.5) is 4.39 Å². The molecule has 0 amide bonds. The van der Waals surface area contributed by atoms with Crippen LogP contribution in [0, 0.1) is 5.82 Å². The van der Waals surface area contributed by atoms with Crippen LogP contribution in [0.2, 0.25) is 0 Å². The lowest BCUT2D eigenvalue weighted by Crippen LogP contribution is -2.30. The number of methoxy groups -OCH3 is 1. The van der Waals surface area contributed by atoms with Gasteiger partial charge in [-0.2, -0.15) is 0 Å². The zero-order valence-corrected chi connectivity index (χ0v) is 13.7. The van der Waals surface area contributed by atoms with Crippen molar-refractivity contribution in [2.24, 2.45) is 5.84 Å². The molecule has 1 unspecified atom stereocenters. The van der Waals surface area contributed by atoms with Crippen LogP contribution in [0.25, 0.3) is 0 Å². The lowest BCUT2D eigenvalue weighted by molar-refractivity contribution is 0.402. The lowest BCUT2D eigenvalue weighted by atomic mass is 10.0. The minimum Gasteiger partial charge on any atom is -0.496 e. The SMILES string of the molecule is COc1ccc(F)cc1C(NN)c1ncc(Br)cc1Br. The van der Waals surface area contributed by atoms with E-state index in [-0.39, 0.29) is 5.82 Å². The highest BCUT2D eigenvalue weighted by Gasteiger charge is 2.21. The maximum absolute atomic E-state index is 13.5. The van der Waals surface area contributed by atoms with Gasteiger partial charge in [-0.15, -0.1) is 0 Å². The van der Waals surface area contributed by atoms with Crippen molar-refractivity contribution in [3.05, 3.63) is 56.5 Å². The summed E-state index contributed by atoms with van der Waals surface area (Å²) in [7, 11) is 1.52. The first kappa shape index (κ1) is 15.4. The number of hydrazine groups is 1. The summed E-state index contributed by atoms with van der Waals surface area (Å²) >= 11 is 6.76. The number of halogens is 3. The van der Waals surface area contributed by atoms with Gasteiger partial charge in [0.2, 0.25) is 0 Å². The predicted molar refractivity (Wildman–Crippen MR) is 81.8 cm³/mol. The van der Waals surface area contributed by atoms with E-state index in [1.807, 2.05) is 6.07 Å². The number of nitrogens with two attached hydrogens (primary N) is 1. The van der Waals surface area contributed by atoms with Gasteiger partial charge in [0.15, 0.2) is 0 Å². The van der Waals surface area contributed by atoms with E-state index in [4.69, 9.17) is 10.6 Å². The maximum Gasteiger partial charge on any atom is 0.124 e. The Hall–Kier alpha value is -1.02. The molecule has 0 fully saturated rings. The summed E-state index contributed by atoms with van der Waals surface area (Å²) in [6, 6.07) is 5.61. The van der Waals surface area contributed by atoms with E-state index >= 15 is 0 Å². The molecule has 0 saturated heterocycles. The van der Waals surface area contributed by atoms with Gasteiger partial charge < -0.3 is 4.74 Å². The summed E-state index contributed by atoms with van der Waals surface area (Å²) in [6.45, 7) is 0. The second-order valence-corrected chi connectivity index (χ2v) is 5.78. The molecule has 0 spiro atoms. The van der Waals surface area contributed by atoms with Gasteiger partial charge in [0.1, 0.15) is 11.6 Å². The first-order valence-corrected chi connectivity index (χ1v) is 7.26. The molecule has 1 heterocycles. The van der Waals surface area contributed by atoms with Crippen molar-refractivity contribution in [3.63, 3.8) is 0 Å². The van der Waals surface area contributed by atoms with Crippen molar-refractivity contribution in [2.45, 2.75) is 6.04 Å². The summed E-state index contributed by atoms with van der Waals surface area (Å²) in [5.41, 5.74) is 3.86. The van der Waals surface area contributed by atoms with Crippen LogP contribution in [0.15, 0.2) is 39.4 Å². The fourth-order valence-electron chi connectivity index (χ4n) is 1.88. The number of hydrogen-bond donors (Lipinski definition) is 2. The third-order valence-electron chi connectivity index (χ3n) is 2.78. The fraction of sp³-hybridized carbons (Fsp3) is 0.154. The molecular weight excluding hydrogens is 393 g/mol. The molecule has 1 atom stereocenters. The molecule has 0 aliphatic heterocycles. The second kappa shape index (κ2) is 6.62. The van der Waals surface area contributed by atoms with Crippen molar-refractivity contribution in [1.82, 2.24) is 10.4 Å². The van der Waals surface area contributed by atoms with Gasteiger partial charge in [-0.1, -0.05) is 0 Å².